The molecule has 2 aromatic carbocycles. The van der Waals surface area contributed by atoms with Crippen LogP contribution in [0.15, 0.2) is 36.4 Å². The zero-order valence-corrected chi connectivity index (χ0v) is 32.0. The van der Waals surface area contributed by atoms with Crippen LogP contribution in [0.25, 0.3) is 0 Å². The van der Waals surface area contributed by atoms with Crippen molar-refractivity contribution in [3.63, 3.8) is 0 Å². The maximum atomic E-state index is 15.6. The largest absolute Gasteiger partial charge is 0.497 e. The van der Waals surface area contributed by atoms with Crippen molar-refractivity contribution in [3.05, 3.63) is 58.9 Å². The fraction of sp³-hybridized carbons (Fsp3) is 0.605. The Hall–Kier alpha value is -3.84. The highest BCUT2D eigenvalue weighted by Crippen LogP contribution is 2.52. The van der Waals surface area contributed by atoms with Crippen molar-refractivity contribution in [2.45, 2.75) is 123 Å². The molecule has 1 aliphatic carbocycles. The highest BCUT2D eigenvalue weighted by Gasteiger charge is 2.59. The Kier molecular flexibility index (Phi) is 11.8. The van der Waals surface area contributed by atoms with E-state index in [0.29, 0.717) is 5.56 Å². The number of carbonyl (C=O) groups is 3. The van der Waals surface area contributed by atoms with Crippen LogP contribution in [0.1, 0.15) is 110 Å². The minimum absolute atomic E-state index is 0.0263. The molecule has 280 valence electrons. The van der Waals surface area contributed by atoms with Crippen molar-refractivity contribution in [3.8, 4) is 11.5 Å². The number of alkyl carbamates (subject to hydrolysis) is 1. The Morgan fingerprint density at radius 1 is 0.980 bits per heavy atom. The second-order valence-electron chi connectivity index (χ2n) is 16.3. The minimum Gasteiger partial charge on any atom is -0.497 e. The predicted molar refractivity (Wildman–Crippen MR) is 191 cm³/mol. The minimum atomic E-state index is -1.51. The molecule has 2 amide bonds. The van der Waals surface area contributed by atoms with Crippen LogP contribution in [0.3, 0.4) is 0 Å². The molecule has 1 aliphatic heterocycles. The third kappa shape index (κ3) is 9.34. The molecule has 13 heteroatoms. The molecule has 2 aliphatic rings. The van der Waals surface area contributed by atoms with Gasteiger partial charge in [0.1, 0.15) is 40.1 Å². The summed E-state index contributed by atoms with van der Waals surface area (Å²) in [6.07, 6.45) is 0.591. The number of benzene rings is 2. The van der Waals surface area contributed by atoms with Crippen molar-refractivity contribution in [1.82, 2.24) is 10.6 Å². The zero-order chi connectivity index (χ0) is 38.1. The van der Waals surface area contributed by atoms with Gasteiger partial charge in [-0.1, -0.05) is 32.9 Å². The van der Waals surface area contributed by atoms with Crippen LogP contribution in [0.4, 0.5) is 9.18 Å². The molecule has 1 saturated carbocycles. The van der Waals surface area contributed by atoms with E-state index in [4.69, 9.17) is 28.3 Å². The summed E-state index contributed by atoms with van der Waals surface area (Å²) in [6, 6.07) is 7.59. The van der Waals surface area contributed by atoms with E-state index < -0.39 is 59.7 Å². The molecule has 51 heavy (non-hydrogen) atoms. The van der Waals surface area contributed by atoms with Crippen molar-refractivity contribution >= 4 is 25.1 Å². The molecule has 2 aromatic rings. The van der Waals surface area contributed by atoms with E-state index >= 15 is 4.39 Å². The van der Waals surface area contributed by atoms with E-state index in [2.05, 4.69) is 31.4 Å². The number of para-hydroxylation sites is 1. The molecule has 11 nitrogen and oxygen atoms in total. The molecule has 0 spiro atoms. The Bertz CT molecular complexity index is 1600. The number of esters is 1. The van der Waals surface area contributed by atoms with Crippen molar-refractivity contribution < 1.29 is 47.0 Å². The van der Waals surface area contributed by atoms with Crippen LogP contribution in [-0.2, 0) is 30.0 Å². The van der Waals surface area contributed by atoms with Crippen LogP contribution in [0, 0.1) is 17.2 Å². The predicted octanol–water partition coefficient (Wildman–Crippen LogP) is 6.75. The molecule has 0 radical (unpaired) electrons. The maximum Gasteiger partial charge on any atom is 0.482 e. The first kappa shape index (κ1) is 39.9. The average Bonchev–Trinajstić information content (AvgIpc) is 3.37. The molecule has 4 unspecified atom stereocenters. The summed E-state index contributed by atoms with van der Waals surface area (Å²) < 4.78 is 50.9. The maximum absolute atomic E-state index is 15.6. The summed E-state index contributed by atoms with van der Waals surface area (Å²) in [5.41, 5.74) is -1.66. The molecular formula is C38H54BFN2O9. The van der Waals surface area contributed by atoms with Gasteiger partial charge in [0.05, 0.1) is 31.9 Å². The number of fused-ring (bicyclic) bond motifs is 1. The van der Waals surface area contributed by atoms with Crippen LogP contribution >= 0.6 is 0 Å². The Labute approximate surface area is 301 Å². The van der Waals surface area contributed by atoms with E-state index in [9.17, 15) is 14.4 Å². The summed E-state index contributed by atoms with van der Waals surface area (Å²) in [7, 11) is 1.91. The smallest absolute Gasteiger partial charge is 0.482 e. The normalized spacial score (nSPS) is 22.6. The number of hydrogen-bond donors (Lipinski definition) is 2. The first-order valence-electron chi connectivity index (χ1n) is 17.4. The van der Waals surface area contributed by atoms with Crippen LogP contribution in [0.5, 0.6) is 11.5 Å². The summed E-state index contributed by atoms with van der Waals surface area (Å²) in [5.74, 6) is -2.35. The summed E-state index contributed by atoms with van der Waals surface area (Å²) in [4.78, 5) is 40.6. The average molecular weight is 713 g/mol. The quantitative estimate of drug-likeness (QED) is 0.203. The second-order valence-corrected chi connectivity index (χ2v) is 16.3. The van der Waals surface area contributed by atoms with Crippen molar-refractivity contribution in [2.24, 2.45) is 11.3 Å². The fourth-order valence-corrected chi connectivity index (χ4v) is 6.84. The van der Waals surface area contributed by atoms with Gasteiger partial charge < -0.3 is 38.9 Å². The standard InChI is InChI=1S/C38H54BFN2O9/c1-22-37(8,9)19-18-28-38(22,10)51-39(50-28)29(20-23-14-13-15-26(31(23)47-12)33(44)48-35(2,3)4)41-32(43)30(42-34(45)49-36(5,6)7)25-17-16-24(46-11)21-27(25)40/h13-17,21-22,28-30H,18-20H2,1-12H3,(H,41,43)(H,42,45)/t22-,28?,29?,30?,38?/m0/s1. The van der Waals surface area contributed by atoms with Crippen LogP contribution in [-0.4, -0.2) is 68.2 Å². The molecule has 0 bridgehead atoms. The van der Waals surface area contributed by atoms with Gasteiger partial charge in [0.25, 0.3) is 0 Å². The van der Waals surface area contributed by atoms with E-state index in [1.165, 1.54) is 26.4 Å². The lowest BCUT2D eigenvalue weighted by Crippen LogP contribution is -2.54. The van der Waals surface area contributed by atoms with Gasteiger partial charge >= 0.3 is 19.2 Å². The number of amides is 2. The molecule has 5 atom stereocenters. The Balaban J connectivity index is 1.76. The SMILES string of the molecule is COc1ccc(C(NC(=O)OC(C)(C)C)C(=O)NC(Cc2cccc(C(=O)OC(C)(C)C)c2OC)B2OC3CCC(C)(C)[C@H](C)C3(C)O2)c(F)c1. The lowest BCUT2D eigenvalue weighted by Gasteiger charge is -2.49. The third-order valence-electron chi connectivity index (χ3n) is 9.85. The van der Waals surface area contributed by atoms with Gasteiger partial charge in [-0.05, 0) is 103 Å². The highest BCUT2D eigenvalue weighted by molar-refractivity contribution is 6.48. The number of hydrogen-bond acceptors (Lipinski definition) is 9. The van der Waals surface area contributed by atoms with Gasteiger partial charge in [-0.2, -0.15) is 0 Å². The number of halogens is 1. The van der Waals surface area contributed by atoms with E-state index in [-0.39, 0.29) is 46.5 Å². The van der Waals surface area contributed by atoms with Crippen LogP contribution < -0.4 is 20.1 Å². The van der Waals surface area contributed by atoms with Gasteiger partial charge in [0.2, 0.25) is 5.91 Å². The van der Waals surface area contributed by atoms with Gasteiger partial charge in [-0.3, -0.25) is 4.79 Å². The van der Waals surface area contributed by atoms with E-state index in [0.717, 1.165) is 18.9 Å². The van der Waals surface area contributed by atoms with Gasteiger partial charge in [-0.15, -0.1) is 0 Å². The summed E-state index contributed by atoms with van der Waals surface area (Å²) in [6.45, 7) is 19.0. The number of rotatable bonds is 10. The third-order valence-corrected chi connectivity index (χ3v) is 9.85. The molecule has 2 fully saturated rings. The van der Waals surface area contributed by atoms with Crippen molar-refractivity contribution in [1.29, 1.82) is 0 Å². The van der Waals surface area contributed by atoms with Gasteiger partial charge in [0.15, 0.2) is 0 Å². The monoisotopic (exact) mass is 712 g/mol. The highest BCUT2D eigenvalue weighted by atomic mass is 19.1. The summed E-state index contributed by atoms with van der Waals surface area (Å²) in [5, 5.41) is 5.55. The van der Waals surface area contributed by atoms with Crippen LogP contribution in [0.2, 0.25) is 0 Å². The van der Waals surface area contributed by atoms with E-state index in [1.54, 1.807) is 59.7 Å². The second kappa shape index (κ2) is 15.0. The lowest BCUT2D eigenvalue weighted by atomic mass is 9.61. The number of nitrogens with one attached hydrogen (secondary N) is 2. The molecule has 4 rings (SSSR count). The first-order valence-corrected chi connectivity index (χ1v) is 17.4. The van der Waals surface area contributed by atoms with Gasteiger partial charge in [0, 0.05) is 11.6 Å². The first-order chi connectivity index (χ1) is 23.6. The van der Waals surface area contributed by atoms with Crippen molar-refractivity contribution in [2.75, 3.05) is 14.2 Å². The number of ether oxygens (including phenoxy) is 4. The zero-order valence-electron chi connectivity index (χ0n) is 32.0. The molecule has 1 saturated heterocycles. The van der Waals surface area contributed by atoms with E-state index in [1.807, 2.05) is 6.92 Å². The Morgan fingerprint density at radius 2 is 1.65 bits per heavy atom. The molecular weight excluding hydrogens is 658 g/mol. The topological polar surface area (TPSA) is 131 Å². The number of methoxy groups -OCH3 is 2. The Morgan fingerprint density at radius 3 is 2.24 bits per heavy atom. The summed E-state index contributed by atoms with van der Waals surface area (Å²) >= 11 is 0. The number of carbonyl (C=O) groups excluding carboxylic acids is 3. The lowest BCUT2D eigenvalue weighted by molar-refractivity contribution is -0.123. The molecule has 2 N–H and O–H groups in total. The fourth-order valence-electron chi connectivity index (χ4n) is 6.84. The molecule has 0 aromatic heterocycles. The molecule has 1 heterocycles. The van der Waals surface area contributed by atoms with Gasteiger partial charge in [-0.25, -0.2) is 14.0 Å².